The number of para-hydroxylation sites is 2. The molecule has 0 radical (unpaired) electrons. The molecule has 3 amide bonds. The molecule has 0 spiro atoms. The zero-order chi connectivity index (χ0) is 34.9. The number of carbonyl (C=O) groups excluding carboxylic acids is 3. The van der Waals surface area contributed by atoms with E-state index in [0.29, 0.717) is 45.5 Å². The second kappa shape index (κ2) is 15.7. The summed E-state index contributed by atoms with van der Waals surface area (Å²) in [6.45, 7) is 0. The molecule has 6 aromatic rings. The van der Waals surface area contributed by atoms with Gasteiger partial charge in [-0.1, -0.05) is 36.4 Å². The molecule has 0 aliphatic heterocycles. The number of amides is 3. The topological polar surface area (TPSA) is 132 Å². The Morgan fingerprint density at radius 2 is 1.56 bits per heavy atom. The molecule has 1 aromatic heterocycles. The highest BCUT2D eigenvalue weighted by molar-refractivity contribution is 8.00. The van der Waals surface area contributed by atoms with Crippen LogP contribution < -0.4 is 25.4 Å². The van der Waals surface area contributed by atoms with E-state index in [1.54, 1.807) is 86.0 Å². The van der Waals surface area contributed by atoms with Gasteiger partial charge in [0.15, 0.2) is 5.58 Å². The van der Waals surface area contributed by atoms with Crippen molar-refractivity contribution >= 4 is 58.0 Å². The number of benzene rings is 5. The smallest absolute Gasteiger partial charge is 0.272 e. The number of fused-ring (bicyclic) bond motifs is 1. The predicted octanol–water partition coefficient (Wildman–Crippen LogP) is 7.65. The van der Waals surface area contributed by atoms with Crippen LogP contribution in [0.5, 0.6) is 11.5 Å². The average molecular weight is 685 g/mol. The number of ether oxygens (including phenoxy) is 2. The van der Waals surface area contributed by atoms with Crippen LogP contribution in [0.4, 0.5) is 11.4 Å². The van der Waals surface area contributed by atoms with Crippen molar-refractivity contribution in [1.82, 2.24) is 10.3 Å². The van der Waals surface area contributed by atoms with Crippen molar-refractivity contribution in [2.45, 2.75) is 4.90 Å². The van der Waals surface area contributed by atoms with Crippen LogP contribution in [0.25, 0.3) is 28.6 Å². The normalized spacial score (nSPS) is 11.1. The first-order valence-electron chi connectivity index (χ1n) is 15.5. The van der Waals surface area contributed by atoms with Crippen molar-refractivity contribution in [3.8, 4) is 23.0 Å². The number of rotatable bonds is 12. The SMILES string of the molecule is COc1ccc(/C=C(/NC(=O)c2ccccc2)C(=O)Nc2cccc(SCC(=O)Nc3ccc(-c4nc5ccccc5o4)cc3)c2)c(OC)c1. The van der Waals surface area contributed by atoms with Gasteiger partial charge >= 0.3 is 0 Å². The van der Waals surface area contributed by atoms with Gasteiger partial charge < -0.3 is 29.8 Å². The molecule has 6 rings (SSSR count). The first kappa shape index (κ1) is 33.6. The van der Waals surface area contributed by atoms with E-state index in [2.05, 4.69) is 20.9 Å². The van der Waals surface area contributed by atoms with E-state index in [1.807, 2.05) is 42.5 Å². The Bertz CT molecular complexity index is 2150. The van der Waals surface area contributed by atoms with E-state index in [9.17, 15) is 14.4 Å². The fraction of sp³-hybridized carbons (Fsp3) is 0.0769. The van der Waals surface area contributed by atoms with Crippen LogP contribution in [0, 0.1) is 0 Å². The van der Waals surface area contributed by atoms with Crippen LogP contribution in [0.1, 0.15) is 15.9 Å². The van der Waals surface area contributed by atoms with E-state index < -0.39 is 11.8 Å². The van der Waals surface area contributed by atoms with Gasteiger partial charge in [-0.25, -0.2) is 4.98 Å². The minimum atomic E-state index is -0.548. The number of hydrogen-bond acceptors (Lipinski definition) is 8. The third-order valence-corrected chi connectivity index (χ3v) is 8.43. The van der Waals surface area contributed by atoms with E-state index in [1.165, 1.54) is 24.9 Å². The molecule has 5 aromatic carbocycles. The van der Waals surface area contributed by atoms with Gasteiger partial charge in [-0.15, -0.1) is 11.8 Å². The van der Waals surface area contributed by atoms with Crippen molar-refractivity contribution in [2.75, 3.05) is 30.6 Å². The minimum Gasteiger partial charge on any atom is -0.497 e. The van der Waals surface area contributed by atoms with E-state index >= 15 is 0 Å². The third-order valence-electron chi connectivity index (χ3n) is 7.44. The van der Waals surface area contributed by atoms with Gasteiger partial charge in [0.2, 0.25) is 11.8 Å². The van der Waals surface area contributed by atoms with Crippen molar-refractivity contribution in [3.05, 3.63) is 138 Å². The monoisotopic (exact) mass is 684 g/mol. The Balaban J connectivity index is 1.10. The zero-order valence-corrected chi connectivity index (χ0v) is 28.0. The molecule has 0 bridgehead atoms. The highest BCUT2D eigenvalue weighted by Gasteiger charge is 2.17. The molecule has 0 atom stereocenters. The molecule has 0 unspecified atom stereocenters. The number of thioether (sulfide) groups is 1. The summed E-state index contributed by atoms with van der Waals surface area (Å²) in [5.74, 6) is 0.494. The molecular weight excluding hydrogens is 653 g/mol. The summed E-state index contributed by atoms with van der Waals surface area (Å²) in [4.78, 5) is 44.8. The van der Waals surface area contributed by atoms with Crippen LogP contribution in [0.3, 0.4) is 0 Å². The molecular formula is C39H32N4O6S. The van der Waals surface area contributed by atoms with Crippen molar-refractivity contribution < 1.29 is 28.3 Å². The van der Waals surface area contributed by atoms with Crippen LogP contribution in [0.2, 0.25) is 0 Å². The largest absolute Gasteiger partial charge is 0.497 e. The maximum absolute atomic E-state index is 13.6. The van der Waals surface area contributed by atoms with Gasteiger partial charge in [0, 0.05) is 39.0 Å². The quantitative estimate of drug-likeness (QED) is 0.0885. The van der Waals surface area contributed by atoms with Crippen LogP contribution in [-0.4, -0.2) is 42.7 Å². The number of anilines is 2. The van der Waals surface area contributed by atoms with Crippen LogP contribution in [0.15, 0.2) is 136 Å². The van der Waals surface area contributed by atoms with E-state index in [0.717, 1.165) is 16.0 Å². The number of hydrogen-bond donors (Lipinski definition) is 3. The van der Waals surface area contributed by atoms with Gasteiger partial charge in [0.1, 0.15) is 22.7 Å². The number of nitrogens with zero attached hydrogens (tertiary/aromatic N) is 1. The number of carbonyl (C=O) groups is 3. The minimum absolute atomic E-state index is 0.00174. The van der Waals surface area contributed by atoms with Crippen LogP contribution in [-0.2, 0) is 9.59 Å². The molecule has 250 valence electrons. The van der Waals surface area contributed by atoms with E-state index in [4.69, 9.17) is 13.9 Å². The summed E-state index contributed by atoms with van der Waals surface area (Å²) >= 11 is 1.32. The summed E-state index contributed by atoms with van der Waals surface area (Å²) < 4.78 is 16.6. The summed E-state index contributed by atoms with van der Waals surface area (Å²) in [6, 6.07) is 35.7. The summed E-state index contributed by atoms with van der Waals surface area (Å²) in [6.07, 6.45) is 1.54. The lowest BCUT2D eigenvalue weighted by molar-refractivity contribution is -0.114. The number of nitrogens with one attached hydrogen (secondary N) is 3. The molecule has 0 saturated heterocycles. The number of methoxy groups -OCH3 is 2. The fourth-order valence-electron chi connectivity index (χ4n) is 4.94. The molecule has 11 heteroatoms. The first-order valence-corrected chi connectivity index (χ1v) is 16.5. The predicted molar refractivity (Wildman–Crippen MR) is 195 cm³/mol. The Kier molecular flexibility index (Phi) is 10.5. The number of aromatic nitrogens is 1. The summed E-state index contributed by atoms with van der Waals surface area (Å²) in [7, 11) is 3.05. The maximum atomic E-state index is 13.6. The molecule has 0 saturated carbocycles. The van der Waals surface area contributed by atoms with Crippen molar-refractivity contribution in [2.24, 2.45) is 0 Å². The number of oxazole rings is 1. The summed E-state index contributed by atoms with van der Waals surface area (Å²) in [5.41, 5.74) is 4.36. The van der Waals surface area contributed by atoms with E-state index in [-0.39, 0.29) is 17.4 Å². The van der Waals surface area contributed by atoms with Crippen molar-refractivity contribution in [3.63, 3.8) is 0 Å². The standard InChI is InChI=1S/C39H32N4O6S/c1-47-30-20-17-27(35(23-30)48-2)21-33(42-37(45)25-9-4-3-5-10-25)38(46)41-29-11-8-12-31(22-29)50-24-36(44)40-28-18-15-26(16-19-28)39-43-32-13-6-7-14-34(32)49-39/h3-23H,24H2,1-2H3,(H,40,44)(H,41,46)(H,42,45)/b33-21+. The van der Waals surface area contributed by atoms with Gasteiger partial charge in [0.25, 0.3) is 11.8 Å². The maximum Gasteiger partial charge on any atom is 0.272 e. The zero-order valence-electron chi connectivity index (χ0n) is 27.1. The molecule has 0 aliphatic carbocycles. The molecule has 50 heavy (non-hydrogen) atoms. The first-order chi connectivity index (χ1) is 24.4. The molecule has 3 N–H and O–H groups in total. The third kappa shape index (κ3) is 8.38. The lowest BCUT2D eigenvalue weighted by Crippen LogP contribution is -2.30. The Morgan fingerprint density at radius 3 is 2.32 bits per heavy atom. The van der Waals surface area contributed by atoms with Crippen molar-refractivity contribution in [1.29, 1.82) is 0 Å². The average Bonchev–Trinajstić information content (AvgIpc) is 3.59. The van der Waals surface area contributed by atoms with Gasteiger partial charge in [0.05, 0.1) is 20.0 Å². The molecule has 0 fully saturated rings. The highest BCUT2D eigenvalue weighted by atomic mass is 32.2. The molecule has 1 heterocycles. The van der Waals surface area contributed by atoms with Crippen LogP contribution >= 0.6 is 11.8 Å². The Morgan fingerprint density at radius 1 is 0.780 bits per heavy atom. The Hall–Kier alpha value is -6.33. The summed E-state index contributed by atoms with van der Waals surface area (Å²) in [5, 5.41) is 8.50. The van der Waals surface area contributed by atoms with Gasteiger partial charge in [-0.05, 0) is 84.9 Å². The highest BCUT2D eigenvalue weighted by Crippen LogP contribution is 2.28. The molecule has 10 nitrogen and oxygen atoms in total. The lowest BCUT2D eigenvalue weighted by atomic mass is 10.1. The fourth-order valence-corrected chi connectivity index (χ4v) is 5.69. The second-order valence-corrected chi connectivity index (χ2v) is 11.9. The van der Waals surface area contributed by atoms with Gasteiger partial charge in [-0.2, -0.15) is 0 Å². The Labute approximate surface area is 292 Å². The lowest BCUT2D eigenvalue weighted by Gasteiger charge is -2.13. The second-order valence-electron chi connectivity index (χ2n) is 10.9. The molecule has 0 aliphatic rings. The van der Waals surface area contributed by atoms with Gasteiger partial charge in [-0.3, -0.25) is 14.4 Å².